The largest absolute Gasteiger partial charge is 0.476 e. The predicted octanol–water partition coefficient (Wildman–Crippen LogP) is 3.13. The molecule has 0 unspecified atom stereocenters. The average Bonchev–Trinajstić information content (AvgIpc) is 3.15. The molecule has 0 atom stereocenters. The lowest BCUT2D eigenvalue weighted by Crippen LogP contribution is -2.13. The number of anilines is 1. The summed E-state index contributed by atoms with van der Waals surface area (Å²) in [7, 11) is 1.93. The Kier molecular flexibility index (Phi) is 3.65. The number of aliphatic imine (C=N–C) groups is 1. The maximum atomic E-state index is 5.72. The third-order valence-corrected chi connectivity index (χ3v) is 4.05. The van der Waals surface area contributed by atoms with Crippen LogP contribution in [0.4, 0.5) is 5.69 Å². The summed E-state index contributed by atoms with van der Waals surface area (Å²) >= 11 is 0. The van der Waals surface area contributed by atoms with Crippen molar-refractivity contribution in [3.8, 4) is 5.88 Å². The molecule has 0 saturated heterocycles. The van der Waals surface area contributed by atoms with Gasteiger partial charge >= 0.3 is 0 Å². The van der Waals surface area contributed by atoms with Crippen LogP contribution in [-0.4, -0.2) is 27.2 Å². The summed E-state index contributed by atoms with van der Waals surface area (Å²) < 4.78 is 7.56. The molecule has 6 nitrogen and oxygen atoms in total. The molecule has 0 bridgehead atoms. The summed E-state index contributed by atoms with van der Waals surface area (Å²) in [4.78, 5) is 8.97. The molecule has 0 spiro atoms. The molecule has 2 aromatic heterocycles. The Balaban J connectivity index is 1.63. The lowest BCUT2D eigenvalue weighted by molar-refractivity contribution is 0.305. The highest BCUT2D eigenvalue weighted by Gasteiger charge is 2.17. The topological polar surface area (TPSA) is 64.3 Å². The molecule has 3 aromatic rings. The molecule has 0 fully saturated rings. The summed E-state index contributed by atoms with van der Waals surface area (Å²) in [5.41, 5.74) is 4.06. The Hall–Kier alpha value is -2.89. The fraction of sp³-hybridized carbons (Fsp3) is 0.278. The summed E-state index contributed by atoms with van der Waals surface area (Å²) in [6.07, 6.45) is 2.76. The zero-order valence-electron chi connectivity index (χ0n) is 13.8. The van der Waals surface area contributed by atoms with E-state index in [-0.39, 0.29) is 0 Å². The minimum Gasteiger partial charge on any atom is -0.476 e. The van der Waals surface area contributed by atoms with Crippen molar-refractivity contribution < 1.29 is 4.74 Å². The van der Waals surface area contributed by atoms with E-state index < -0.39 is 0 Å². The number of hydrogen-bond donors (Lipinski definition) is 1. The summed E-state index contributed by atoms with van der Waals surface area (Å²) in [6.45, 7) is 3.43. The third-order valence-electron chi connectivity index (χ3n) is 4.05. The van der Waals surface area contributed by atoms with E-state index in [4.69, 9.17) is 4.74 Å². The summed E-state index contributed by atoms with van der Waals surface area (Å²) in [5, 5.41) is 8.85. The molecule has 122 valence electrons. The number of aryl methyl sites for hydroxylation is 1. The van der Waals surface area contributed by atoms with E-state index in [1.54, 1.807) is 6.20 Å². The van der Waals surface area contributed by atoms with E-state index in [1.807, 2.05) is 29.9 Å². The van der Waals surface area contributed by atoms with Gasteiger partial charge in [-0.2, -0.15) is 0 Å². The van der Waals surface area contributed by atoms with Crippen molar-refractivity contribution in [2.75, 3.05) is 11.9 Å². The van der Waals surface area contributed by atoms with Gasteiger partial charge in [0.15, 0.2) is 5.84 Å². The van der Waals surface area contributed by atoms with Gasteiger partial charge in [0.05, 0.1) is 24.1 Å². The van der Waals surface area contributed by atoms with Crippen molar-refractivity contribution in [3.63, 3.8) is 0 Å². The first-order chi connectivity index (χ1) is 11.8. The van der Waals surface area contributed by atoms with E-state index >= 15 is 0 Å². The standard InChI is InChI=1S/C18H19N5O/c1-3-9-24-18-14-7-6-13(10-15(14)23(2)22-18)21-17-16-12(11-20-17)5-4-8-19-16/h4-8,10H,3,9,11H2,1-2H3,(H,20,21). The Morgan fingerprint density at radius 2 is 2.21 bits per heavy atom. The smallest absolute Gasteiger partial charge is 0.240 e. The lowest BCUT2D eigenvalue weighted by Gasteiger charge is -2.07. The number of benzene rings is 1. The van der Waals surface area contributed by atoms with Gasteiger partial charge in [-0.1, -0.05) is 13.0 Å². The van der Waals surface area contributed by atoms with Crippen LogP contribution >= 0.6 is 0 Å². The van der Waals surface area contributed by atoms with Crippen molar-refractivity contribution >= 4 is 22.4 Å². The van der Waals surface area contributed by atoms with Crippen molar-refractivity contribution in [2.45, 2.75) is 19.9 Å². The summed E-state index contributed by atoms with van der Waals surface area (Å²) in [5.74, 6) is 1.50. The van der Waals surface area contributed by atoms with Gasteiger partial charge in [-0.15, -0.1) is 5.10 Å². The van der Waals surface area contributed by atoms with Crippen LogP contribution in [0.1, 0.15) is 24.6 Å². The molecule has 1 aliphatic rings. The van der Waals surface area contributed by atoms with Gasteiger partial charge in [0, 0.05) is 24.5 Å². The van der Waals surface area contributed by atoms with Crippen LogP contribution in [0.5, 0.6) is 5.88 Å². The van der Waals surface area contributed by atoms with Crippen LogP contribution < -0.4 is 10.1 Å². The molecule has 4 rings (SSSR count). The molecule has 1 N–H and O–H groups in total. The Labute approximate surface area is 140 Å². The fourth-order valence-corrected chi connectivity index (χ4v) is 2.86. The van der Waals surface area contributed by atoms with Gasteiger partial charge in [0.25, 0.3) is 0 Å². The second-order valence-corrected chi connectivity index (χ2v) is 5.81. The number of hydrogen-bond acceptors (Lipinski definition) is 5. The molecule has 0 radical (unpaired) electrons. The quantitative estimate of drug-likeness (QED) is 0.802. The number of fused-ring (bicyclic) bond motifs is 2. The maximum Gasteiger partial charge on any atom is 0.240 e. The number of nitrogens with one attached hydrogen (secondary N) is 1. The number of amidine groups is 1. The third kappa shape index (κ3) is 2.50. The number of aromatic nitrogens is 3. The molecule has 24 heavy (non-hydrogen) atoms. The molecule has 0 aliphatic carbocycles. The van der Waals surface area contributed by atoms with Crippen LogP contribution in [0.25, 0.3) is 10.9 Å². The first kappa shape index (κ1) is 14.7. The van der Waals surface area contributed by atoms with Crippen molar-refractivity contribution in [3.05, 3.63) is 47.8 Å². The van der Waals surface area contributed by atoms with Crippen molar-refractivity contribution in [1.29, 1.82) is 0 Å². The average molecular weight is 321 g/mol. The van der Waals surface area contributed by atoms with Crippen molar-refractivity contribution in [1.82, 2.24) is 14.8 Å². The fourth-order valence-electron chi connectivity index (χ4n) is 2.86. The molecular weight excluding hydrogens is 302 g/mol. The van der Waals surface area contributed by atoms with E-state index in [0.717, 1.165) is 40.1 Å². The minimum absolute atomic E-state index is 0.672. The lowest BCUT2D eigenvalue weighted by atomic mass is 10.2. The molecule has 3 heterocycles. The second-order valence-electron chi connectivity index (χ2n) is 5.81. The first-order valence-corrected chi connectivity index (χ1v) is 8.11. The highest BCUT2D eigenvalue weighted by atomic mass is 16.5. The predicted molar refractivity (Wildman–Crippen MR) is 94.6 cm³/mol. The molecule has 1 aromatic carbocycles. The van der Waals surface area contributed by atoms with Crippen LogP contribution in [0.2, 0.25) is 0 Å². The van der Waals surface area contributed by atoms with Gasteiger partial charge < -0.3 is 10.1 Å². The van der Waals surface area contributed by atoms with E-state index in [0.29, 0.717) is 19.0 Å². The highest BCUT2D eigenvalue weighted by Crippen LogP contribution is 2.28. The molecule has 1 aliphatic heterocycles. The van der Waals surface area contributed by atoms with Crippen molar-refractivity contribution in [2.24, 2.45) is 12.0 Å². The van der Waals surface area contributed by atoms with Gasteiger partial charge in [0.1, 0.15) is 5.69 Å². The number of rotatable bonds is 4. The van der Waals surface area contributed by atoms with E-state index in [2.05, 4.69) is 39.4 Å². The summed E-state index contributed by atoms with van der Waals surface area (Å²) in [6, 6.07) is 10.1. The molecular formula is C18H19N5O. The Morgan fingerprint density at radius 3 is 3.08 bits per heavy atom. The zero-order chi connectivity index (χ0) is 16.5. The van der Waals surface area contributed by atoms with Crippen LogP contribution in [0, 0.1) is 0 Å². The van der Waals surface area contributed by atoms with Crippen LogP contribution in [0.3, 0.4) is 0 Å². The van der Waals surface area contributed by atoms with Gasteiger partial charge in [0.2, 0.25) is 5.88 Å². The number of nitrogens with zero attached hydrogens (tertiary/aromatic N) is 4. The molecule has 6 heteroatoms. The second kappa shape index (κ2) is 5.96. The molecule has 0 saturated carbocycles. The van der Waals surface area contributed by atoms with Gasteiger partial charge in [-0.25, -0.2) is 0 Å². The minimum atomic E-state index is 0.672. The maximum absolute atomic E-state index is 5.72. The van der Waals surface area contributed by atoms with Gasteiger partial charge in [-0.05, 0) is 30.7 Å². The zero-order valence-corrected chi connectivity index (χ0v) is 13.8. The van der Waals surface area contributed by atoms with Crippen LogP contribution in [-0.2, 0) is 13.6 Å². The number of pyridine rings is 1. The Morgan fingerprint density at radius 1 is 1.29 bits per heavy atom. The van der Waals surface area contributed by atoms with Gasteiger partial charge in [-0.3, -0.25) is 14.7 Å². The first-order valence-electron chi connectivity index (χ1n) is 8.11. The normalized spacial score (nSPS) is 13.0. The monoisotopic (exact) mass is 321 g/mol. The van der Waals surface area contributed by atoms with E-state index in [9.17, 15) is 0 Å². The van der Waals surface area contributed by atoms with Crippen LogP contribution in [0.15, 0.2) is 41.5 Å². The highest BCUT2D eigenvalue weighted by molar-refractivity contribution is 6.09. The molecule has 0 amide bonds. The SMILES string of the molecule is CCCOc1nn(C)c2cc(NC3=NCc4cccnc43)ccc12. The Bertz CT molecular complexity index is 928. The van der Waals surface area contributed by atoms with E-state index in [1.165, 1.54) is 0 Å². The number of ether oxygens (including phenoxy) is 1.